The number of nitrogens with two attached hydrogens (primary N) is 2. The van der Waals surface area contributed by atoms with Crippen LogP contribution in [0.1, 0.15) is 0 Å². The summed E-state index contributed by atoms with van der Waals surface area (Å²) in [6.45, 7) is 0. The molecule has 0 bridgehead atoms. The number of rotatable bonds is 1. The lowest BCUT2D eigenvalue weighted by Crippen LogP contribution is -2.10. The van der Waals surface area contributed by atoms with Crippen LogP contribution in [-0.4, -0.2) is 9.97 Å². The largest absolute Gasteiger partial charge is 0.384 e. The summed E-state index contributed by atoms with van der Waals surface area (Å²) in [6.07, 6.45) is 0. The van der Waals surface area contributed by atoms with Crippen LogP contribution in [0, 0.1) is 5.82 Å². The van der Waals surface area contributed by atoms with Gasteiger partial charge >= 0.3 is 0 Å². The maximum Gasteiger partial charge on any atom is 0.256 e. The third-order valence-electron chi connectivity index (χ3n) is 3.04. The van der Waals surface area contributed by atoms with E-state index in [0.29, 0.717) is 22.0 Å². The summed E-state index contributed by atoms with van der Waals surface area (Å²) in [5.74, 6) is 0.0528. The van der Waals surface area contributed by atoms with Gasteiger partial charge in [0.15, 0.2) is 0 Å². The highest BCUT2D eigenvalue weighted by Crippen LogP contribution is 2.24. The molecule has 0 aliphatic rings. The second-order valence-electron chi connectivity index (χ2n) is 4.41. The molecule has 0 spiro atoms. The van der Waals surface area contributed by atoms with Crippen LogP contribution in [0.3, 0.4) is 0 Å². The molecule has 3 aromatic rings. The molecule has 1 aromatic carbocycles. The molecule has 0 radical (unpaired) electrons. The van der Waals surface area contributed by atoms with Crippen molar-refractivity contribution >= 4 is 22.5 Å². The number of nitrogen functional groups attached to an aromatic ring is 2. The Hall–Kier alpha value is -2.89. The summed E-state index contributed by atoms with van der Waals surface area (Å²) in [5, 5.41) is 0.706. The lowest BCUT2D eigenvalue weighted by molar-refractivity contribution is 0.629. The number of hydrogen-bond acceptors (Lipinski definition) is 4. The molecule has 0 saturated heterocycles. The monoisotopic (exact) mass is 270 g/mol. The van der Waals surface area contributed by atoms with Crippen molar-refractivity contribution in [2.24, 2.45) is 0 Å². The highest BCUT2D eigenvalue weighted by atomic mass is 19.1. The SMILES string of the molecule is Nc1ccc(-c2cc3ccc(F)cc3[nH]c2=O)c(N)n1. The first-order valence-corrected chi connectivity index (χ1v) is 5.89. The molecule has 100 valence electrons. The van der Waals surface area contributed by atoms with Crippen molar-refractivity contribution in [2.75, 3.05) is 11.5 Å². The first-order valence-electron chi connectivity index (χ1n) is 5.89. The third-order valence-corrected chi connectivity index (χ3v) is 3.04. The van der Waals surface area contributed by atoms with Gasteiger partial charge in [0.05, 0.1) is 11.1 Å². The van der Waals surface area contributed by atoms with Crippen molar-refractivity contribution in [1.82, 2.24) is 9.97 Å². The predicted octanol–water partition coefficient (Wildman–Crippen LogP) is 1.89. The topological polar surface area (TPSA) is 97.8 Å². The molecular weight excluding hydrogens is 259 g/mol. The standard InChI is InChI=1S/C14H11FN4O/c15-8-2-1-7-5-10(14(20)18-11(7)6-8)9-3-4-12(16)19-13(9)17/h1-6H,(H,18,20)(H4,16,17,19). The second kappa shape index (κ2) is 4.34. The summed E-state index contributed by atoms with van der Waals surface area (Å²) in [4.78, 5) is 18.6. The van der Waals surface area contributed by atoms with Crippen molar-refractivity contribution in [3.05, 3.63) is 52.6 Å². The Morgan fingerprint density at radius 3 is 2.60 bits per heavy atom. The first kappa shape index (κ1) is 12.2. The zero-order valence-corrected chi connectivity index (χ0v) is 10.4. The summed E-state index contributed by atoms with van der Waals surface area (Å²) in [6, 6.07) is 9.04. The van der Waals surface area contributed by atoms with Crippen LogP contribution < -0.4 is 17.0 Å². The van der Waals surface area contributed by atoms with Crippen molar-refractivity contribution in [1.29, 1.82) is 0 Å². The Bertz CT molecular complexity index is 873. The van der Waals surface area contributed by atoms with E-state index in [2.05, 4.69) is 9.97 Å². The minimum atomic E-state index is -0.408. The van der Waals surface area contributed by atoms with Gasteiger partial charge in [0.1, 0.15) is 17.5 Å². The number of hydrogen-bond donors (Lipinski definition) is 3. The van der Waals surface area contributed by atoms with Gasteiger partial charge in [0.25, 0.3) is 5.56 Å². The molecule has 2 heterocycles. The van der Waals surface area contributed by atoms with E-state index in [1.807, 2.05) is 0 Å². The smallest absolute Gasteiger partial charge is 0.256 e. The van der Waals surface area contributed by atoms with Gasteiger partial charge in [-0.1, -0.05) is 0 Å². The Kier molecular flexibility index (Phi) is 2.64. The third kappa shape index (κ3) is 1.97. The van der Waals surface area contributed by atoms with Crippen LogP contribution in [0.25, 0.3) is 22.0 Å². The van der Waals surface area contributed by atoms with Crippen LogP contribution in [0.2, 0.25) is 0 Å². The van der Waals surface area contributed by atoms with Crippen molar-refractivity contribution in [2.45, 2.75) is 0 Å². The average molecular weight is 270 g/mol. The molecule has 6 heteroatoms. The van der Waals surface area contributed by atoms with Gasteiger partial charge in [-0.25, -0.2) is 9.37 Å². The van der Waals surface area contributed by atoms with E-state index in [9.17, 15) is 9.18 Å². The van der Waals surface area contributed by atoms with Crippen LogP contribution in [0.5, 0.6) is 0 Å². The van der Waals surface area contributed by atoms with Crippen LogP contribution >= 0.6 is 0 Å². The van der Waals surface area contributed by atoms with E-state index < -0.39 is 5.82 Å². The number of pyridine rings is 2. The van der Waals surface area contributed by atoms with Crippen LogP contribution in [0.15, 0.2) is 41.2 Å². The molecule has 0 unspecified atom stereocenters. The van der Waals surface area contributed by atoms with Gasteiger partial charge in [-0.05, 0) is 41.8 Å². The molecule has 0 amide bonds. The highest BCUT2D eigenvalue weighted by molar-refractivity contribution is 5.85. The van der Waals surface area contributed by atoms with Gasteiger partial charge < -0.3 is 16.5 Å². The molecule has 3 rings (SSSR count). The van der Waals surface area contributed by atoms with E-state index >= 15 is 0 Å². The van der Waals surface area contributed by atoms with Gasteiger partial charge in [-0.3, -0.25) is 4.79 Å². The van der Waals surface area contributed by atoms with E-state index in [0.717, 1.165) is 0 Å². The molecule has 5 nitrogen and oxygen atoms in total. The maximum atomic E-state index is 13.1. The van der Waals surface area contributed by atoms with E-state index in [1.54, 1.807) is 24.3 Å². The predicted molar refractivity (Wildman–Crippen MR) is 76.6 cm³/mol. The van der Waals surface area contributed by atoms with Gasteiger partial charge in [-0.2, -0.15) is 0 Å². The number of nitrogens with one attached hydrogen (secondary N) is 1. The fraction of sp³-hybridized carbons (Fsp3) is 0. The number of nitrogens with zero attached hydrogens (tertiary/aromatic N) is 1. The fourth-order valence-corrected chi connectivity index (χ4v) is 2.09. The summed E-state index contributed by atoms with van der Waals surface area (Å²) in [7, 11) is 0. The number of aromatic amines is 1. The van der Waals surface area contributed by atoms with Crippen molar-refractivity contribution < 1.29 is 4.39 Å². The first-order chi connectivity index (χ1) is 9.54. The number of anilines is 2. The lowest BCUT2D eigenvalue weighted by atomic mass is 10.1. The summed E-state index contributed by atoms with van der Waals surface area (Å²) < 4.78 is 13.1. The minimum Gasteiger partial charge on any atom is -0.384 e. The van der Waals surface area contributed by atoms with E-state index in [-0.39, 0.29) is 17.2 Å². The lowest BCUT2D eigenvalue weighted by Gasteiger charge is -2.06. The zero-order chi connectivity index (χ0) is 14.3. The Morgan fingerprint density at radius 2 is 1.85 bits per heavy atom. The van der Waals surface area contributed by atoms with Crippen LogP contribution in [-0.2, 0) is 0 Å². The molecule has 0 fully saturated rings. The molecule has 0 saturated carbocycles. The number of aromatic nitrogens is 2. The van der Waals surface area contributed by atoms with Crippen LogP contribution in [0.4, 0.5) is 16.0 Å². The fourth-order valence-electron chi connectivity index (χ4n) is 2.09. The molecule has 20 heavy (non-hydrogen) atoms. The van der Waals surface area contributed by atoms with E-state index in [1.165, 1.54) is 12.1 Å². The molecular formula is C14H11FN4O. The Balaban J connectivity index is 2.28. The Morgan fingerprint density at radius 1 is 1.05 bits per heavy atom. The highest BCUT2D eigenvalue weighted by Gasteiger charge is 2.10. The molecule has 2 aromatic heterocycles. The summed E-state index contributed by atoms with van der Waals surface area (Å²) >= 11 is 0. The normalized spacial score (nSPS) is 10.8. The minimum absolute atomic E-state index is 0.178. The molecule has 0 aliphatic carbocycles. The molecule has 0 atom stereocenters. The summed E-state index contributed by atoms with van der Waals surface area (Å²) in [5.41, 5.74) is 12.3. The maximum absolute atomic E-state index is 13.1. The zero-order valence-electron chi connectivity index (χ0n) is 10.4. The van der Waals surface area contributed by atoms with E-state index in [4.69, 9.17) is 11.5 Å². The van der Waals surface area contributed by atoms with Crippen molar-refractivity contribution in [3.63, 3.8) is 0 Å². The van der Waals surface area contributed by atoms with Crippen molar-refractivity contribution in [3.8, 4) is 11.1 Å². The van der Waals surface area contributed by atoms with Gasteiger partial charge in [0, 0.05) is 5.56 Å². The second-order valence-corrected chi connectivity index (χ2v) is 4.41. The number of benzene rings is 1. The Labute approximate surface area is 113 Å². The molecule has 0 aliphatic heterocycles. The molecule has 5 N–H and O–H groups in total. The number of halogens is 1. The quantitative estimate of drug-likeness (QED) is 0.629. The average Bonchev–Trinajstić information content (AvgIpc) is 2.38. The van der Waals surface area contributed by atoms with Gasteiger partial charge in [-0.15, -0.1) is 0 Å². The van der Waals surface area contributed by atoms with Gasteiger partial charge in [0.2, 0.25) is 0 Å². The number of H-pyrrole nitrogens is 1. The number of fused-ring (bicyclic) bond motifs is 1.